The summed E-state index contributed by atoms with van der Waals surface area (Å²) in [5.74, 6) is -0.588. The lowest BCUT2D eigenvalue weighted by Gasteiger charge is -2.56. The standard InChI is InChI=1S/C19H18F2N4/c20-17-2-1-5-23-19(17)12-24-10-15-7-16(11-24)25(15)9-14-4-3-13(8-22)6-18(14)21/h1-6,15-16H,7,9-12H2. The number of nitriles is 1. The van der Waals surface area contributed by atoms with Gasteiger partial charge in [-0.25, -0.2) is 8.78 Å². The van der Waals surface area contributed by atoms with E-state index in [4.69, 9.17) is 5.26 Å². The number of piperazine rings is 1. The van der Waals surface area contributed by atoms with E-state index in [1.54, 1.807) is 24.4 Å². The second-order valence-electron chi connectivity index (χ2n) is 6.76. The summed E-state index contributed by atoms with van der Waals surface area (Å²) in [6.07, 6.45) is 2.71. The summed E-state index contributed by atoms with van der Waals surface area (Å²) in [6, 6.07) is 10.4. The highest BCUT2D eigenvalue weighted by molar-refractivity contribution is 5.33. The van der Waals surface area contributed by atoms with E-state index in [2.05, 4.69) is 14.8 Å². The predicted molar refractivity (Wildman–Crippen MR) is 88.3 cm³/mol. The molecule has 2 aromatic rings. The third-order valence-electron chi connectivity index (χ3n) is 5.16. The molecule has 0 spiro atoms. The van der Waals surface area contributed by atoms with Crippen LogP contribution in [0.5, 0.6) is 0 Å². The molecule has 3 saturated heterocycles. The van der Waals surface area contributed by atoms with Gasteiger partial charge in [-0.2, -0.15) is 5.26 Å². The van der Waals surface area contributed by atoms with Crippen LogP contribution in [0, 0.1) is 23.0 Å². The van der Waals surface area contributed by atoms with E-state index >= 15 is 0 Å². The molecule has 2 bridgehead atoms. The number of piperidine rings is 1. The van der Waals surface area contributed by atoms with Gasteiger partial charge in [0.15, 0.2) is 0 Å². The summed E-state index contributed by atoms with van der Waals surface area (Å²) >= 11 is 0. The van der Waals surface area contributed by atoms with Crippen LogP contribution < -0.4 is 0 Å². The van der Waals surface area contributed by atoms with Crippen molar-refractivity contribution in [1.82, 2.24) is 14.8 Å². The predicted octanol–water partition coefficient (Wildman–Crippen LogP) is 2.69. The highest BCUT2D eigenvalue weighted by Crippen LogP contribution is 2.34. The first-order chi connectivity index (χ1) is 12.1. The average Bonchev–Trinajstić information content (AvgIpc) is 2.62. The van der Waals surface area contributed by atoms with Gasteiger partial charge in [0.1, 0.15) is 11.6 Å². The van der Waals surface area contributed by atoms with Crippen molar-refractivity contribution >= 4 is 0 Å². The fourth-order valence-electron chi connectivity index (χ4n) is 3.85. The van der Waals surface area contributed by atoms with Gasteiger partial charge < -0.3 is 0 Å². The first-order valence-electron chi connectivity index (χ1n) is 8.40. The molecule has 1 aromatic heterocycles. The van der Waals surface area contributed by atoms with Crippen molar-refractivity contribution in [2.24, 2.45) is 0 Å². The van der Waals surface area contributed by atoms with Gasteiger partial charge in [0.2, 0.25) is 0 Å². The number of halogens is 2. The molecule has 4 nitrogen and oxygen atoms in total. The van der Waals surface area contributed by atoms with Crippen molar-refractivity contribution in [3.05, 3.63) is 65.0 Å². The van der Waals surface area contributed by atoms with Crippen molar-refractivity contribution in [3.8, 4) is 6.07 Å². The maximum atomic E-state index is 14.1. The first kappa shape index (κ1) is 16.1. The molecule has 4 heterocycles. The Bertz CT molecular complexity index is 820. The maximum absolute atomic E-state index is 14.1. The topological polar surface area (TPSA) is 43.2 Å². The van der Waals surface area contributed by atoms with Gasteiger partial charge in [-0.3, -0.25) is 14.8 Å². The lowest BCUT2D eigenvalue weighted by Crippen LogP contribution is -2.67. The fourth-order valence-corrected chi connectivity index (χ4v) is 3.85. The first-order valence-corrected chi connectivity index (χ1v) is 8.40. The van der Waals surface area contributed by atoms with E-state index in [1.807, 2.05) is 6.07 Å². The number of aromatic nitrogens is 1. The van der Waals surface area contributed by atoms with Crippen molar-refractivity contribution in [3.63, 3.8) is 0 Å². The molecule has 128 valence electrons. The van der Waals surface area contributed by atoms with E-state index in [9.17, 15) is 8.78 Å². The molecule has 25 heavy (non-hydrogen) atoms. The normalized spacial score (nSPS) is 23.1. The molecule has 1 aromatic carbocycles. The molecule has 0 radical (unpaired) electrons. The van der Waals surface area contributed by atoms with Gasteiger partial charge in [0.25, 0.3) is 0 Å². The van der Waals surface area contributed by atoms with Gasteiger partial charge in [-0.05, 0) is 30.7 Å². The summed E-state index contributed by atoms with van der Waals surface area (Å²) in [6.45, 7) is 2.74. The van der Waals surface area contributed by atoms with Gasteiger partial charge in [0, 0.05) is 50.0 Å². The Balaban J connectivity index is 1.39. The molecule has 3 fully saturated rings. The molecule has 0 amide bonds. The minimum Gasteiger partial charge on any atom is -0.294 e. The summed E-state index contributed by atoms with van der Waals surface area (Å²) in [5, 5.41) is 8.83. The van der Waals surface area contributed by atoms with E-state index in [0.717, 1.165) is 19.5 Å². The van der Waals surface area contributed by atoms with Crippen LogP contribution in [0.15, 0.2) is 36.5 Å². The van der Waals surface area contributed by atoms with Crippen LogP contribution in [0.3, 0.4) is 0 Å². The molecule has 0 N–H and O–H groups in total. The maximum Gasteiger partial charge on any atom is 0.146 e. The largest absolute Gasteiger partial charge is 0.294 e. The van der Waals surface area contributed by atoms with Crippen molar-refractivity contribution in [1.29, 1.82) is 5.26 Å². The number of fused-ring (bicyclic) bond motifs is 2. The summed E-state index contributed by atoms with van der Waals surface area (Å²) < 4.78 is 27.9. The SMILES string of the molecule is N#Cc1ccc(CN2C3CC2CN(Cc2ncccc2F)C3)c(F)c1. The zero-order valence-electron chi connectivity index (χ0n) is 13.7. The molecular weight excluding hydrogens is 322 g/mol. The second kappa shape index (κ2) is 6.51. The second-order valence-corrected chi connectivity index (χ2v) is 6.76. The van der Waals surface area contributed by atoms with Crippen LogP contribution in [-0.4, -0.2) is 40.0 Å². The zero-order chi connectivity index (χ0) is 17.4. The van der Waals surface area contributed by atoms with Crippen molar-refractivity contribution in [2.75, 3.05) is 13.1 Å². The van der Waals surface area contributed by atoms with Crippen LogP contribution in [0.2, 0.25) is 0 Å². The van der Waals surface area contributed by atoms with Crippen LogP contribution in [0.1, 0.15) is 23.2 Å². The highest BCUT2D eigenvalue weighted by Gasteiger charge is 2.44. The highest BCUT2D eigenvalue weighted by atomic mass is 19.1. The van der Waals surface area contributed by atoms with Crippen LogP contribution in [0.4, 0.5) is 8.78 Å². The fraction of sp³-hybridized carbons (Fsp3) is 0.368. The molecule has 3 aliphatic rings. The van der Waals surface area contributed by atoms with Gasteiger partial charge >= 0.3 is 0 Å². The summed E-state index contributed by atoms with van der Waals surface area (Å²) in [7, 11) is 0. The molecule has 3 aliphatic heterocycles. The lowest BCUT2D eigenvalue weighted by molar-refractivity contribution is -0.0784. The Labute approximate surface area is 145 Å². The Kier molecular flexibility index (Phi) is 4.20. The average molecular weight is 340 g/mol. The third-order valence-corrected chi connectivity index (χ3v) is 5.16. The van der Waals surface area contributed by atoms with E-state index in [1.165, 1.54) is 12.1 Å². The minimum absolute atomic E-state index is 0.266. The molecule has 2 unspecified atom stereocenters. The van der Waals surface area contributed by atoms with E-state index < -0.39 is 0 Å². The lowest BCUT2D eigenvalue weighted by atomic mass is 9.86. The van der Waals surface area contributed by atoms with E-state index in [-0.39, 0.29) is 11.6 Å². The Morgan fingerprint density at radius 3 is 2.60 bits per heavy atom. The number of rotatable bonds is 4. The van der Waals surface area contributed by atoms with Crippen LogP contribution in [-0.2, 0) is 13.1 Å². The Morgan fingerprint density at radius 1 is 1.12 bits per heavy atom. The monoisotopic (exact) mass is 340 g/mol. The summed E-state index contributed by atoms with van der Waals surface area (Å²) in [4.78, 5) is 8.64. The Hall–Kier alpha value is -2.36. The molecule has 0 aliphatic carbocycles. The number of benzene rings is 1. The molecule has 5 rings (SSSR count). The molecule has 6 heteroatoms. The third kappa shape index (κ3) is 3.13. The van der Waals surface area contributed by atoms with E-state index in [0.29, 0.717) is 42.0 Å². The molecule has 2 atom stereocenters. The number of hydrogen-bond acceptors (Lipinski definition) is 4. The van der Waals surface area contributed by atoms with Crippen LogP contribution >= 0.6 is 0 Å². The summed E-state index contributed by atoms with van der Waals surface area (Å²) in [5.41, 5.74) is 1.44. The quantitative estimate of drug-likeness (QED) is 0.858. The molecular formula is C19H18F2N4. The van der Waals surface area contributed by atoms with Crippen molar-refractivity contribution < 1.29 is 8.78 Å². The Morgan fingerprint density at radius 2 is 1.92 bits per heavy atom. The van der Waals surface area contributed by atoms with Gasteiger partial charge in [0.05, 0.1) is 17.3 Å². The van der Waals surface area contributed by atoms with Gasteiger partial charge in [-0.15, -0.1) is 0 Å². The number of nitrogens with zero attached hydrogens (tertiary/aromatic N) is 4. The molecule has 0 saturated carbocycles. The van der Waals surface area contributed by atoms with Crippen molar-refractivity contribution in [2.45, 2.75) is 31.6 Å². The zero-order valence-corrected chi connectivity index (χ0v) is 13.7. The number of hydrogen-bond donors (Lipinski definition) is 0. The van der Waals surface area contributed by atoms with Gasteiger partial charge in [-0.1, -0.05) is 6.07 Å². The number of pyridine rings is 1. The minimum atomic E-state index is -0.323. The smallest absolute Gasteiger partial charge is 0.146 e. The van der Waals surface area contributed by atoms with Crippen LogP contribution in [0.25, 0.3) is 0 Å².